The lowest BCUT2D eigenvalue weighted by molar-refractivity contribution is 0.163. The number of hydrogen-bond acceptors (Lipinski definition) is 8. The molecule has 10 heteroatoms. The lowest BCUT2D eigenvalue weighted by atomic mass is 10.1. The van der Waals surface area contributed by atoms with E-state index in [0.717, 1.165) is 11.1 Å². The molecule has 2 aromatic carbocycles. The lowest BCUT2D eigenvalue weighted by Crippen LogP contribution is -2.48. The molecule has 2 aliphatic rings. The maximum atomic E-state index is 13.1. The van der Waals surface area contributed by atoms with Gasteiger partial charge in [0.2, 0.25) is 21.7 Å². The van der Waals surface area contributed by atoms with Crippen molar-refractivity contribution in [2.24, 2.45) is 0 Å². The summed E-state index contributed by atoms with van der Waals surface area (Å²) >= 11 is 0. The van der Waals surface area contributed by atoms with E-state index in [-0.39, 0.29) is 4.90 Å². The summed E-state index contributed by atoms with van der Waals surface area (Å²) in [6.07, 6.45) is 0. The summed E-state index contributed by atoms with van der Waals surface area (Å²) < 4.78 is 44.1. The second-order valence-electron chi connectivity index (χ2n) is 7.87. The predicted molar refractivity (Wildman–Crippen MR) is 116 cm³/mol. The monoisotopic (exact) mass is 456 g/mol. The van der Waals surface area contributed by atoms with Gasteiger partial charge in [-0.05, 0) is 25.1 Å². The summed E-state index contributed by atoms with van der Waals surface area (Å²) in [5.41, 5.74) is 2.04. The summed E-state index contributed by atoms with van der Waals surface area (Å²) in [5.74, 6) is 2.12. The van der Waals surface area contributed by atoms with Gasteiger partial charge in [-0.3, -0.25) is 4.90 Å². The van der Waals surface area contributed by atoms with Gasteiger partial charge >= 0.3 is 0 Å². The Bertz CT molecular complexity index is 1220. The standard InChI is InChI=1S/C22H24N4O5S/c1-16-3-2-4-17(13-16)22-23-21(31-24-22)15-25-7-9-26(10-8-25)32(27,28)18-5-6-19-20(14-18)30-12-11-29-19/h2-6,13-14H,7-12,15H2,1H3. The lowest BCUT2D eigenvalue weighted by Gasteiger charge is -2.33. The third-order valence-corrected chi connectivity index (χ3v) is 7.48. The highest BCUT2D eigenvalue weighted by molar-refractivity contribution is 7.89. The Kier molecular flexibility index (Phi) is 5.58. The largest absolute Gasteiger partial charge is 0.486 e. The molecule has 5 rings (SSSR count). The van der Waals surface area contributed by atoms with Gasteiger partial charge < -0.3 is 14.0 Å². The minimum atomic E-state index is -3.61. The van der Waals surface area contributed by atoms with E-state index in [9.17, 15) is 8.42 Å². The third kappa shape index (κ3) is 4.21. The van der Waals surface area contributed by atoms with Crippen molar-refractivity contribution in [1.82, 2.24) is 19.3 Å². The number of ether oxygens (including phenoxy) is 2. The van der Waals surface area contributed by atoms with Crippen LogP contribution in [0.2, 0.25) is 0 Å². The quantitative estimate of drug-likeness (QED) is 0.577. The molecular formula is C22H24N4O5S. The number of aromatic nitrogens is 2. The molecule has 1 fully saturated rings. The Morgan fingerprint density at radius 3 is 2.53 bits per heavy atom. The Morgan fingerprint density at radius 1 is 0.969 bits per heavy atom. The van der Waals surface area contributed by atoms with Gasteiger partial charge in [-0.2, -0.15) is 9.29 Å². The van der Waals surface area contributed by atoms with Crippen LogP contribution in [0.5, 0.6) is 11.5 Å². The number of piperazine rings is 1. The van der Waals surface area contributed by atoms with Crippen molar-refractivity contribution < 1.29 is 22.4 Å². The molecule has 0 amide bonds. The van der Waals surface area contributed by atoms with Gasteiger partial charge in [-0.15, -0.1) is 0 Å². The van der Waals surface area contributed by atoms with Crippen LogP contribution in [0, 0.1) is 6.92 Å². The number of nitrogens with zero attached hydrogens (tertiary/aromatic N) is 4. The molecule has 0 aliphatic carbocycles. The molecule has 0 radical (unpaired) electrons. The van der Waals surface area contributed by atoms with Crippen LogP contribution < -0.4 is 9.47 Å². The highest BCUT2D eigenvalue weighted by Crippen LogP contribution is 2.33. The molecule has 0 saturated carbocycles. The van der Waals surface area contributed by atoms with E-state index in [1.54, 1.807) is 18.2 Å². The smallest absolute Gasteiger partial charge is 0.243 e. The van der Waals surface area contributed by atoms with Crippen molar-refractivity contribution in [2.75, 3.05) is 39.4 Å². The van der Waals surface area contributed by atoms with Crippen LogP contribution in [0.1, 0.15) is 11.5 Å². The molecule has 9 nitrogen and oxygen atoms in total. The predicted octanol–water partition coefficient (Wildman–Crippen LogP) is 2.32. The van der Waals surface area contributed by atoms with E-state index in [4.69, 9.17) is 14.0 Å². The molecule has 32 heavy (non-hydrogen) atoms. The fraction of sp³-hybridized carbons (Fsp3) is 0.364. The first-order valence-electron chi connectivity index (χ1n) is 10.5. The van der Waals surface area contributed by atoms with Gasteiger partial charge in [0.25, 0.3) is 0 Å². The van der Waals surface area contributed by atoms with E-state index < -0.39 is 10.0 Å². The minimum Gasteiger partial charge on any atom is -0.486 e. The van der Waals surface area contributed by atoms with E-state index >= 15 is 0 Å². The number of sulfonamides is 1. The van der Waals surface area contributed by atoms with Crippen LogP contribution >= 0.6 is 0 Å². The molecule has 1 saturated heterocycles. The average molecular weight is 457 g/mol. The first-order valence-corrected chi connectivity index (χ1v) is 11.9. The molecule has 0 bridgehead atoms. The number of aryl methyl sites for hydroxylation is 1. The van der Waals surface area contributed by atoms with Gasteiger partial charge in [-0.25, -0.2) is 8.42 Å². The second kappa shape index (κ2) is 8.53. The SMILES string of the molecule is Cc1cccc(-c2noc(CN3CCN(S(=O)(=O)c4ccc5c(c4)OCCO5)CC3)n2)c1. The fourth-order valence-corrected chi connectivity index (χ4v) is 5.31. The van der Waals surface area contributed by atoms with Crippen LogP contribution in [0.25, 0.3) is 11.4 Å². The van der Waals surface area contributed by atoms with Crippen molar-refractivity contribution >= 4 is 10.0 Å². The van der Waals surface area contributed by atoms with E-state index in [1.165, 1.54) is 4.31 Å². The molecule has 1 aromatic heterocycles. The van der Waals surface area contributed by atoms with E-state index in [2.05, 4.69) is 15.0 Å². The average Bonchev–Trinajstić information content (AvgIpc) is 3.28. The van der Waals surface area contributed by atoms with Crippen LogP contribution in [0.15, 0.2) is 51.9 Å². The van der Waals surface area contributed by atoms with Gasteiger partial charge in [0.1, 0.15) is 13.2 Å². The number of rotatable bonds is 5. The zero-order valence-electron chi connectivity index (χ0n) is 17.7. The highest BCUT2D eigenvalue weighted by Gasteiger charge is 2.30. The molecule has 3 aromatic rings. The summed E-state index contributed by atoms with van der Waals surface area (Å²) in [4.78, 5) is 6.83. The van der Waals surface area contributed by atoms with Gasteiger partial charge in [0.05, 0.1) is 11.4 Å². The summed E-state index contributed by atoms with van der Waals surface area (Å²) in [5, 5.41) is 4.08. The molecule has 0 N–H and O–H groups in total. The van der Waals surface area contributed by atoms with E-state index in [0.29, 0.717) is 69.2 Å². The number of hydrogen-bond donors (Lipinski definition) is 0. The topological polar surface area (TPSA) is 98.0 Å². The number of fused-ring (bicyclic) bond motifs is 1. The molecule has 0 atom stereocenters. The molecular weight excluding hydrogens is 432 g/mol. The van der Waals surface area contributed by atoms with Crippen molar-refractivity contribution in [3.8, 4) is 22.9 Å². The Morgan fingerprint density at radius 2 is 1.75 bits per heavy atom. The summed E-state index contributed by atoms with van der Waals surface area (Å²) in [6, 6.07) is 12.7. The molecule has 3 heterocycles. The zero-order valence-corrected chi connectivity index (χ0v) is 18.5. The second-order valence-corrected chi connectivity index (χ2v) is 9.80. The summed E-state index contributed by atoms with van der Waals surface area (Å²) in [7, 11) is -3.61. The Balaban J connectivity index is 1.22. The van der Waals surface area contributed by atoms with Crippen LogP contribution in [0.3, 0.4) is 0 Å². The van der Waals surface area contributed by atoms with Crippen molar-refractivity contribution in [1.29, 1.82) is 0 Å². The van der Waals surface area contributed by atoms with E-state index in [1.807, 2.05) is 31.2 Å². The van der Waals surface area contributed by atoms with Gasteiger partial charge in [-0.1, -0.05) is 28.9 Å². The van der Waals surface area contributed by atoms with Crippen LogP contribution in [-0.2, 0) is 16.6 Å². The van der Waals surface area contributed by atoms with Crippen LogP contribution in [0.4, 0.5) is 0 Å². The first kappa shape index (κ1) is 20.9. The molecule has 168 valence electrons. The minimum absolute atomic E-state index is 0.217. The molecule has 0 spiro atoms. The Labute approximate surface area is 186 Å². The summed E-state index contributed by atoms with van der Waals surface area (Å²) in [6.45, 7) is 5.30. The van der Waals surface area contributed by atoms with Gasteiger partial charge in [0, 0.05) is 37.8 Å². The van der Waals surface area contributed by atoms with Crippen molar-refractivity contribution in [3.63, 3.8) is 0 Å². The maximum Gasteiger partial charge on any atom is 0.243 e. The number of benzene rings is 2. The zero-order chi connectivity index (χ0) is 22.1. The first-order chi connectivity index (χ1) is 15.5. The van der Waals surface area contributed by atoms with Crippen molar-refractivity contribution in [2.45, 2.75) is 18.4 Å². The van der Waals surface area contributed by atoms with Crippen LogP contribution in [-0.4, -0.2) is 67.2 Å². The molecule has 2 aliphatic heterocycles. The third-order valence-electron chi connectivity index (χ3n) is 5.59. The normalized spacial score (nSPS) is 17.4. The van der Waals surface area contributed by atoms with Crippen molar-refractivity contribution in [3.05, 3.63) is 53.9 Å². The Hall–Kier alpha value is -2.95. The fourth-order valence-electron chi connectivity index (χ4n) is 3.87. The van der Waals surface area contributed by atoms with Gasteiger partial charge in [0.15, 0.2) is 11.5 Å². The maximum absolute atomic E-state index is 13.1. The molecule has 0 unspecified atom stereocenters. The highest BCUT2D eigenvalue weighted by atomic mass is 32.2.